The van der Waals surface area contributed by atoms with Gasteiger partial charge < -0.3 is 15.0 Å². The van der Waals surface area contributed by atoms with Crippen LogP contribution in [0, 0.1) is 0 Å². The Morgan fingerprint density at radius 3 is 2.52 bits per heavy atom. The maximum absolute atomic E-state index is 13.0. The smallest absolute Gasteiger partial charge is 0.272 e. The number of amides is 1. The molecule has 29 heavy (non-hydrogen) atoms. The third-order valence-electron chi connectivity index (χ3n) is 5.46. The molecule has 2 aliphatic heterocycles. The molecule has 2 aliphatic rings. The van der Waals surface area contributed by atoms with Crippen LogP contribution in [0.25, 0.3) is 11.4 Å². The van der Waals surface area contributed by atoms with E-state index < -0.39 is 0 Å². The molecule has 0 spiro atoms. The van der Waals surface area contributed by atoms with Crippen LogP contribution in [0.15, 0.2) is 36.4 Å². The second kappa shape index (κ2) is 9.80. The van der Waals surface area contributed by atoms with Crippen molar-refractivity contribution >= 4 is 11.7 Å². The maximum Gasteiger partial charge on any atom is 0.272 e. The zero-order valence-electron chi connectivity index (χ0n) is 16.8. The second-order valence-corrected chi connectivity index (χ2v) is 7.56. The Hall–Kier alpha value is -2.51. The number of benzene rings is 1. The fourth-order valence-electron chi connectivity index (χ4n) is 3.79. The lowest BCUT2D eigenvalue weighted by atomic mass is 10.1. The molecule has 1 amide bonds. The van der Waals surface area contributed by atoms with Gasteiger partial charge in [0.2, 0.25) is 0 Å². The molecule has 0 saturated carbocycles. The predicted molar refractivity (Wildman–Crippen MR) is 113 cm³/mol. The van der Waals surface area contributed by atoms with Gasteiger partial charge >= 0.3 is 0 Å². The van der Waals surface area contributed by atoms with Gasteiger partial charge in [0.05, 0.1) is 13.2 Å². The first-order valence-corrected chi connectivity index (χ1v) is 10.6. The predicted octanol–water partition coefficient (Wildman–Crippen LogP) is 2.51. The first kappa shape index (κ1) is 19.8. The Morgan fingerprint density at radius 2 is 1.76 bits per heavy atom. The number of aromatic nitrogens is 2. The number of hydrogen-bond acceptors (Lipinski definition) is 6. The average Bonchev–Trinajstić information content (AvgIpc) is 2.80. The van der Waals surface area contributed by atoms with Crippen LogP contribution in [0.5, 0.6) is 0 Å². The normalized spacial score (nSPS) is 17.9. The molecule has 1 aromatic carbocycles. The van der Waals surface area contributed by atoms with Gasteiger partial charge in [0.25, 0.3) is 5.91 Å². The molecular formula is C22H29N5O2. The third kappa shape index (κ3) is 5.31. The summed E-state index contributed by atoms with van der Waals surface area (Å²) < 4.78 is 5.40. The van der Waals surface area contributed by atoms with Gasteiger partial charge in [-0.2, -0.15) is 0 Å². The van der Waals surface area contributed by atoms with E-state index >= 15 is 0 Å². The van der Waals surface area contributed by atoms with Crippen molar-refractivity contribution in [2.24, 2.45) is 0 Å². The van der Waals surface area contributed by atoms with Crippen LogP contribution in [-0.4, -0.2) is 78.2 Å². The molecule has 0 atom stereocenters. The topological polar surface area (TPSA) is 70.6 Å². The Labute approximate surface area is 172 Å². The number of piperidine rings is 1. The average molecular weight is 396 g/mol. The summed E-state index contributed by atoms with van der Waals surface area (Å²) in [7, 11) is 0. The molecule has 154 valence electrons. The Morgan fingerprint density at radius 1 is 1.00 bits per heavy atom. The van der Waals surface area contributed by atoms with E-state index in [9.17, 15) is 4.79 Å². The van der Waals surface area contributed by atoms with Gasteiger partial charge in [0, 0.05) is 50.9 Å². The van der Waals surface area contributed by atoms with Crippen molar-refractivity contribution < 1.29 is 9.53 Å². The van der Waals surface area contributed by atoms with Gasteiger partial charge in [-0.1, -0.05) is 30.3 Å². The molecule has 0 aliphatic carbocycles. The van der Waals surface area contributed by atoms with Gasteiger partial charge in [0.15, 0.2) is 5.82 Å². The van der Waals surface area contributed by atoms with E-state index in [1.54, 1.807) is 6.07 Å². The van der Waals surface area contributed by atoms with E-state index in [0.717, 1.165) is 70.9 Å². The van der Waals surface area contributed by atoms with E-state index in [1.165, 1.54) is 6.42 Å². The molecule has 2 aromatic rings. The molecule has 0 bridgehead atoms. The molecule has 7 heteroatoms. The highest BCUT2D eigenvalue weighted by Gasteiger charge is 2.21. The first-order valence-electron chi connectivity index (χ1n) is 10.6. The Balaban J connectivity index is 1.52. The Kier molecular flexibility index (Phi) is 6.69. The second-order valence-electron chi connectivity index (χ2n) is 7.56. The third-order valence-corrected chi connectivity index (χ3v) is 5.46. The van der Waals surface area contributed by atoms with Crippen LogP contribution in [0.1, 0.15) is 29.8 Å². The molecule has 0 radical (unpaired) electrons. The minimum absolute atomic E-state index is 0.000473. The minimum atomic E-state index is 0.000473. The molecule has 2 saturated heterocycles. The fraction of sp³-hybridized carbons (Fsp3) is 0.500. The van der Waals surface area contributed by atoms with Crippen LogP contribution in [0.3, 0.4) is 0 Å². The zero-order valence-corrected chi connectivity index (χ0v) is 16.8. The van der Waals surface area contributed by atoms with Gasteiger partial charge in [-0.05, 0) is 19.3 Å². The monoisotopic (exact) mass is 395 g/mol. The lowest BCUT2D eigenvalue weighted by Crippen LogP contribution is -2.39. The molecular weight excluding hydrogens is 366 g/mol. The minimum Gasteiger partial charge on any atom is -0.379 e. The molecule has 3 heterocycles. The molecule has 1 N–H and O–H groups in total. The van der Waals surface area contributed by atoms with Crippen LogP contribution in [0.2, 0.25) is 0 Å². The standard InChI is InChI=1S/C22H29N5O2/c28-22(27-10-5-2-6-11-27)19-17-20(23-9-12-26-13-15-29-16-14-26)25-21(24-19)18-7-3-1-4-8-18/h1,3-4,7-8,17H,2,5-6,9-16H2,(H,23,24,25). The zero-order chi connectivity index (χ0) is 19.9. The van der Waals surface area contributed by atoms with Crippen molar-refractivity contribution in [2.75, 3.05) is 57.8 Å². The van der Waals surface area contributed by atoms with Crippen molar-refractivity contribution in [2.45, 2.75) is 19.3 Å². The summed E-state index contributed by atoms with van der Waals surface area (Å²) in [6.45, 7) is 6.80. The number of ether oxygens (including phenoxy) is 1. The van der Waals surface area contributed by atoms with Gasteiger partial charge in [-0.3, -0.25) is 9.69 Å². The summed E-state index contributed by atoms with van der Waals surface area (Å²) in [6, 6.07) is 11.6. The number of hydrogen-bond donors (Lipinski definition) is 1. The quantitative estimate of drug-likeness (QED) is 0.811. The van der Waals surface area contributed by atoms with E-state index in [4.69, 9.17) is 4.74 Å². The number of nitrogens with zero attached hydrogens (tertiary/aromatic N) is 4. The van der Waals surface area contributed by atoms with Gasteiger partial charge in [-0.25, -0.2) is 9.97 Å². The lowest BCUT2D eigenvalue weighted by molar-refractivity contribution is 0.0398. The first-order chi connectivity index (χ1) is 14.3. The summed E-state index contributed by atoms with van der Waals surface area (Å²) in [5.74, 6) is 1.29. The molecule has 0 unspecified atom stereocenters. The largest absolute Gasteiger partial charge is 0.379 e. The van der Waals surface area contributed by atoms with Crippen LogP contribution in [0.4, 0.5) is 5.82 Å². The highest BCUT2D eigenvalue weighted by molar-refractivity contribution is 5.93. The summed E-state index contributed by atoms with van der Waals surface area (Å²) in [6.07, 6.45) is 3.32. The number of likely N-dealkylation sites (tertiary alicyclic amines) is 1. The van der Waals surface area contributed by atoms with Crippen molar-refractivity contribution in [3.05, 3.63) is 42.1 Å². The van der Waals surface area contributed by atoms with E-state index in [-0.39, 0.29) is 5.91 Å². The highest BCUT2D eigenvalue weighted by Crippen LogP contribution is 2.20. The number of carbonyl (C=O) groups excluding carboxylic acids is 1. The summed E-state index contributed by atoms with van der Waals surface area (Å²) in [5, 5.41) is 3.40. The Bertz CT molecular complexity index is 802. The van der Waals surface area contributed by atoms with Gasteiger partial charge in [0.1, 0.15) is 11.5 Å². The summed E-state index contributed by atoms with van der Waals surface area (Å²) in [5.41, 5.74) is 1.38. The number of morpholine rings is 1. The van der Waals surface area contributed by atoms with E-state index in [0.29, 0.717) is 17.3 Å². The number of rotatable bonds is 6. The molecule has 4 rings (SSSR count). The van der Waals surface area contributed by atoms with Crippen molar-refractivity contribution in [3.63, 3.8) is 0 Å². The molecule has 7 nitrogen and oxygen atoms in total. The van der Waals surface area contributed by atoms with Crippen molar-refractivity contribution in [1.29, 1.82) is 0 Å². The van der Waals surface area contributed by atoms with Crippen molar-refractivity contribution in [1.82, 2.24) is 19.8 Å². The summed E-state index contributed by atoms with van der Waals surface area (Å²) in [4.78, 5) is 26.6. The van der Waals surface area contributed by atoms with Crippen LogP contribution < -0.4 is 5.32 Å². The maximum atomic E-state index is 13.0. The number of carbonyl (C=O) groups is 1. The SMILES string of the molecule is O=C(c1cc(NCCN2CCOCC2)nc(-c2ccccc2)n1)N1CCCCC1. The number of nitrogens with one attached hydrogen (secondary N) is 1. The van der Waals surface area contributed by atoms with E-state index in [2.05, 4.69) is 20.2 Å². The molecule has 2 fully saturated rings. The van der Waals surface area contributed by atoms with Gasteiger partial charge in [-0.15, -0.1) is 0 Å². The molecule has 1 aromatic heterocycles. The van der Waals surface area contributed by atoms with Crippen molar-refractivity contribution in [3.8, 4) is 11.4 Å². The van der Waals surface area contributed by atoms with E-state index in [1.807, 2.05) is 35.2 Å². The highest BCUT2D eigenvalue weighted by atomic mass is 16.5. The van der Waals surface area contributed by atoms with Crippen LogP contribution in [-0.2, 0) is 4.74 Å². The lowest BCUT2D eigenvalue weighted by Gasteiger charge is -2.27. The summed E-state index contributed by atoms with van der Waals surface area (Å²) >= 11 is 0. The van der Waals surface area contributed by atoms with Crippen LogP contribution >= 0.6 is 0 Å². The number of anilines is 1. The fourth-order valence-corrected chi connectivity index (χ4v) is 3.79.